The lowest BCUT2D eigenvalue weighted by Gasteiger charge is -2.31. The van der Waals surface area contributed by atoms with Crippen molar-refractivity contribution in [3.8, 4) is 6.07 Å². The lowest BCUT2D eigenvalue weighted by atomic mass is 9.90. The molecular formula is C28H28ClFN8. The number of hydrogen-bond donors (Lipinski definition) is 3. The van der Waals surface area contributed by atoms with Gasteiger partial charge in [0.2, 0.25) is 0 Å². The largest absolute Gasteiger partial charge is 0.379 e. The van der Waals surface area contributed by atoms with Crippen LogP contribution in [-0.4, -0.2) is 32.1 Å². The Kier molecular flexibility index (Phi) is 6.27. The number of nitrogens with zero attached hydrogens (tertiary/aromatic N) is 5. The van der Waals surface area contributed by atoms with Gasteiger partial charge in [-0.25, -0.2) is 9.07 Å². The number of nitrogens with one attached hydrogen (secondary N) is 2. The monoisotopic (exact) mass is 531 g/mol. The summed E-state index contributed by atoms with van der Waals surface area (Å²) in [5, 5.41) is 26.2. The highest BCUT2D eigenvalue weighted by Gasteiger charge is 2.28. The summed E-state index contributed by atoms with van der Waals surface area (Å²) in [5.41, 5.74) is 9.31. The van der Waals surface area contributed by atoms with E-state index in [0.29, 0.717) is 44.1 Å². The maximum Gasteiger partial charge on any atom is 0.123 e. The van der Waals surface area contributed by atoms with E-state index in [1.807, 2.05) is 6.07 Å². The van der Waals surface area contributed by atoms with Crippen molar-refractivity contribution in [1.82, 2.24) is 20.0 Å². The van der Waals surface area contributed by atoms with Gasteiger partial charge in [0, 0.05) is 29.4 Å². The molecule has 2 aliphatic rings. The summed E-state index contributed by atoms with van der Waals surface area (Å²) in [4.78, 5) is 4.45. The van der Waals surface area contributed by atoms with Gasteiger partial charge in [0.25, 0.3) is 0 Å². The van der Waals surface area contributed by atoms with Gasteiger partial charge < -0.3 is 16.4 Å². The van der Waals surface area contributed by atoms with Crippen LogP contribution in [0.15, 0.2) is 48.8 Å². The van der Waals surface area contributed by atoms with Crippen LogP contribution in [0.5, 0.6) is 0 Å². The second-order valence-corrected chi connectivity index (χ2v) is 10.4. The molecule has 2 saturated carbocycles. The molecule has 0 spiro atoms. The van der Waals surface area contributed by atoms with Crippen molar-refractivity contribution < 1.29 is 5.76 Å². The molecule has 0 amide bonds. The predicted molar refractivity (Wildman–Crippen MR) is 145 cm³/mol. The maximum absolute atomic E-state index is 13.8. The highest BCUT2D eigenvalue weighted by Crippen LogP contribution is 2.38. The molecule has 194 valence electrons. The Bertz CT molecular complexity index is 1560. The second kappa shape index (κ2) is 10.2. The number of halogens is 2. The van der Waals surface area contributed by atoms with E-state index in [2.05, 4.69) is 32.0 Å². The van der Waals surface area contributed by atoms with Crippen LogP contribution in [0.3, 0.4) is 0 Å². The molecule has 2 heterocycles. The first-order valence-electron chi connectivity index (χ1n) is 13.4. The van der Waals surface area contributed by atoms with Crippen LogP contribution in [-0.2, 0) is 0 Å². The summed E-state index contributed by atoms with van der Waals surface area (Å²) in [6.45, 7) is 0. The Morgan fingerprint density at radius 2 is 1.97 bits per heavy atom. The van der Waals surface area contributed by atoms with E-state index >= 15 is 0 Å². The number of benzene rings is 2. The van der Waals surface area contributed by atoms with Gasteiger partial charge in [-0.15, -0.1) is 5.10 Å². The van der Waals surface area contributed by atoms with E-state index in [1.54, 1.807) is 29.1 Å². The van der Waals surface area contributed by atoms with Crippen LogP contribution in [0.25, 0.3) is 10.9 Å². The first kappa shape index (κ1) is 23.4. The zero-order valence-electron chi connectivity index (χ0n) is 21.7. The molecule has 2 aliphatic carbocycles. The van der Waals surface area contributed by atoms with Gasteiger partial charge in [-0.3, -0.25) is 4.98 Å². The minimum absolute atomic E-state index is 0.0128. The van der Waals surface area contributed by atoms with Crippen LogP contribution in [0, 0.1) is 17.1 Å². The lowest BCUT2D eigenvalue weighted by Crippen LogP contribution is -2.42. The van der Waals surface area contributed by atoms with E-state index in [4.69, 9.17) is 17.3 Å². The number of rotatable bonds is 7. The number of anilines is 2. The number of hydrogen-bond acceptors (Lipinski definition) is 7. The van der Waals surface area contributed by atoms with Gasteiger partial charge in [-0.1, -0.05) is 41.8 Å². The normalized spacial score (nSPS) is 21.4. The molecule has 6 rings (SSSR count). The fraction of sp³-hybridized carbons (Fsp3) is 0.357. The quantitative estimate of drug-likeness (QED) is 0.279. The minimum Gasteiger partial charge on any atom is -0.379 e. The number of fused-ring (bicyclic) bond motifs is 1. The highest BCUT2D eigenvalue weighted by atomic mass is 35.5. The minimum atomic E-state index is -1.60. The summed E-state index contributed by atoms with van der Waals surface area (Å²) in [6.07, 6.45) is 9.28. The molecule has 38 heavy (non-hydrogen) atoms. The molecule has 4 N–H and O–H groups in total. The molecule has 2 aromatic carbocycles. The standard InChI is InChI=1S/C28H28ClFN8/c29-22-12-19(11-21-26(17(13-31)14-33-28(21)22)35-24-4-2-1-3-23(24)32)34-27(16-5-7-18(30)8-6-16)25-15-38(37-36-25)20-9-10-20/h5-8,11-12,14-15,20,23-24,27,34H,1-4,9-10,32H2,(H,33,35)/t23-,24+,27?/m1/s1/i27D. The van der Waals surface area contributed by atoms with Crippen molar-refractivity contribution in [2.24, 2.45) is 5.73 Å². The fourth-order valence-corrected chi connectivity index (χ4v) is 5.32. The number of nitriles is 1. The van der Waals surface area contributed by atoms with Gasteiger partial charge in [-0.2, -0.15) is 5.26 Å². The van der Waals surface area contributed by atoms with Crippen LogP contribution in [0.2, 0.25) is 5.02 Å². The van der Waals surface area contributed by atoms with E-state index in [0.717, 1.165) is 38.5 Å². The van der Waals surface area contributed by atoms with Crippen molar-refractivity contribution in [1.29, 1.82) is 5.26 Å². The third-order valence-corrected chi connectivity index (χ3v) is 7.57. The van der Waals surface area contributed by atoms with E-state index in [9.17, 15) is 11.0 Å². The SMILES string of the molecule is [2H]C(Nc1cc(Cl)c2ncc(C#N)c(N[C@H]3CCCC[C@H]3N)c2c1)(c1ccc(F)cc1)c1cn(C2CC2)nn1. The molecule has 0 saturated heterocycles. The van der Waals surface area contributed by atoms with Gasteiger partial charge in [0.15, 0.2) is 0 Å². The zero-order chi connectivity index (χ0) is 27.1. The average molecular weight is 532 g/mol. The Morgan fingerprint density at radius 1 is 1.18 bits per heavy atom. The smallest absolute Gasteiger partial charge is 0.123 e. The summed E-state index contributed by atoms with van der Waals surface area (Å²) < 4.78 is 25.1. The summed E-state index contributed by atoms with van der Waals surface area (Å²) in [6, 6.07) is 10.2. The number of nitrogens with two attached hydrogens (primary N) is 1. The third kappa shape index (κ3) is 4.89. The fourth-order valence-electron chi connectivity index (χ4n) is 5.05. The van der Waals surface area contributed by atoms with E-state index in [-0.39, 0.29) is 18.1 Å². The third-order valence-electron chi connectivity index (χ3n) is 7.28. The molecule has 0 bridgehead atoms. The van der Waals surface area contributed by atoms with Crippen LogP contribution >= 0.6 is 11.6 Å². The first-order chi connectivity index (χ1) is 18.9. The average Bonchev–Trinajstić information content (AvgIpc) is 3.66. The Morgan fingerprint density at radius 3 is 2.71 bits per heavy atom. The Labute approximate surface area is 226 Å². The van der Waals surface area contributed by atoms with Crippen molar-refractivity contribution >= 4 is 33.9 Å². The Hall–Kier alpha value is -3.74. The maximum atomic E-state index is 13.8. The van der Waals surface area contributed by atoms with Crippen molar-refractivity contribution in [3.05, 3.63) is 76.5 Å². The van der Waals surface area contributed by atoms with Gasteiger partial charge in [-0.05, 0) is 55.5 Å². The van der Waals surface area contributed by atoms with Crippen LogP contribution in [0.4, 0.5) is 15.8 Å². The predicted octanol–water partition coefficient (Wildman–Crippen LogP) is 5.71. The second-order valence-electron chi connectivity index (χ2n) is 10.0. The molecule has 2 aromatic heterocycles. The van der Waals surface area contributed by atoms with Crippen molar-refractivity contribution in [2.75, 3.05) is 10.6 Å². The zero-order valence-corrected chi connectivity index (χ0v) is 21.4. The molecule has 4 aromatic rings. The highest BCUT2D eigenvalue weighted by molar-refractivity contribution is 6.35. The van der Waals surface area contributed by atoms with E-state index < -0.39 is 11.8 Å². The topological polar surface area (TPSA) is 117 Å². The summed E-state index contributed by atoms with van der Waals surface area (Å²) in [5.74, 6) is -0.400. The Balaban J connectivity index is 1.45. The van der Waals surface area contributed by atoms with Crippen LogP contribution in [0.1, 0.15) is 68.8 Å². The van der Waals surface area contributed by atoms with Crippen LogP contribution < -0.4 is 16.4 Å². The molecule has 2 fully saturated rings. The molecule has 3 atom stereocenters. The summed E-state index contributed by atoms with van der Waals surface area (Å²) >= 11 is 6.72. The molecule has 8 nitrogen and oxygen atoms in total. The molecular weight excluding hydrogens is 503 g/mol. The molecule has 10 heteroatoms. The van der Waals surface area contributed by atoms with Crippen molar-refractivity contribution in [3.63, 3.8) is 0 Å². The molecule has 0 aliphatic heterocycles. The van der Waals surface area contributed by atoms with Gasteiger partial charge in [0.1, 0.15) is 17.6 Å². The first-order valence-corrected chi connectivity index (χ1v) is 13.2. The summed E-state index contributed by atoms with van der Waals surface area (Å²) in [7, 11) is 0. The molecule has 0 radical (unpaired) electrons. The molecule has 1 unspecified atom stereocenters. The lowest BCUT2D eigenvalue weighted by molar-refractivity contribution is 0.404. The van der Waals surface area contributed by atoms with Gasteiger partial charge >= 0.3 is 0 Å². The van der Waals surface area contributed by atoms with Gasteiger partial charge in [0.05, 0.1) is 41.4 Å². The van der Waals surface area contributed by atoms with E-state index in [1.165, 1.54) is 18.3 Å². The van der Waals surface area contributed by atoms with Crippen molar-refractivity contribution in [2.45, 2.75) is 62.7 Å². The number of pyridine rings is 1. The number of aromatic nitrogens is 4.